The summed E-state index contributed by atoms with van der Waals surface area (Å²) in [6.07, 6.45) is 1.09. The highest BCUT2D eigenvalue weighted by atomic mass is 16.7. The van der Waals surface area contributed by atoms with Gasteiger partial charge in [0.2, 0.25) is 0 Å². The Morgan fingerprint density at radius 3 is 3.00 bits per heavy atom. The minimum Gasteiger partial charge on any atom is -0.467 e. The largest absolute Gasteiger partial charge is 0.467 e. The molecule has 1 saturated heterocycles. The fraction of sp³-hybridized carbons (Fsp3) is 0.571. The van der Waals surface area contributed by atoms with E-state index in [1.165, 1.54) is 5.56 Å². The standard InChI is InChI=1S/C14H20N2O2/c1-2-13-10-17-11-18-14(13)9-12(1)3-6-16-7-4-15-5-8-16/h1-2,9,15H,3-8,10-11H2. The van der Waals surface area contributed by atoms with E-state index in [1.54, 1.807) is 0 Å². The zero-order chi connectivity index (χ0) is 12.2. The van der Waals surface area contributed by atoms with Gasteiger partial charge < -0.3 is 19.7 Å². The van der Waals surface area contributed by atoms with Crippen molar-refractivity contribution < 1.29 is 9.47 Å². The fourth-order valence-electron chi connectivity index (χ4n) is 2.49. The van der Waals surface area contributed by atoms with Crippen LogP contribution in [0.25, 0.3) is 0 Å². The quantitative estimate of drug-likeness (QED) is 0.865. The first-order valence-electron chi connectivity index (χ1n) is 6.67. The van der Waals surface area contributed by atoms with Gasteiger partial charge in [-0.05, 0) is 18.1 Å². The maximum absolute atomic E-state index is 5.51. The molecule has 0 aliphatic carbocycles. The summed E-state index contributed by atoms with van der Waals surface area (Å²) in [4.78, 5) is 2.51. The predicted molar refractivity (Wildman–Crippen MR) is 69.7 cm³/mol. The van der Waals surface area contributed by atoms with Crippen molar-refractivity contribution in [2.24, 2.45) is 0 Å². The molecule has 1 fully saturated rings. The van der Waals surface area contributed by atoms with Gasteiger partial charge in [0.25, 0.3) is 0 Å². The van der Waals surface area contributed by atoms with Crippen molar-refractivity contribution in [2.45, 2.75) is 13.0 Å². The molecule has 18 heavy (non-hydrogen) atoms. The summed E-state index contributed by atoms with van der Waals surface area (Å²) in [5, 5.41) is 3.38. The predicted octanol–water partition coefficient (Wildman–Crippen LogP) is 1.00. The Labute approximate surface area is 108 Å². The Kier molecular flexibility index (Phi) is 3.78. The van der Waals surface area contributed by atoms with E-state index in [1.807, 2.05) is 0 Å². The Morgan fingerprint density at radius 2 is 2.11 bits per heavy atom. The van der Waals surface area contributed by atoms with Gasteiger partial charge in [0, 0.05) is 38.3 Å². The van der Waals surface area contributed by atoms with Crippen molar-refractivity contribution in [3.05, 3.63) is 29.3 Å². The van der Waals surface area contributed by atoms with Crippen LogP contribution in [0.1, 0.15) is 11.1 Å². The van der Waals surface area contributed by atoms with Gasteiger partial charge in [-0.3, -0.25) is 0 Å². The number of piperazine rings is 1. The van der Waals surface area contributed by atoms with Crippen LogP contribution in [0, 0.1) is 0 Å². The van der Waals surface area contributed by atoms with Gasteiger partial charge in [0.15, 0.2) is 6.79 Å². The average Bonchev–Trinajstić information content (AvgIpc) is 2.46. The van der Waals surface area contributed by atoms with E-state index in [0.717, 1.165) is 50.5 Å². The molecule has 2 aliphatic rings. The summed E-state index contributed by atoms with van der Waals surface area (Å²) in [6, 6.07) is 6.49. The summed E-state index contributed by atoms with van der Waals surface area (Å²) in [6.45, 7) is 6.75. The molecule has 0 atom stereocenters. The molecule has 0 unspecified atom stereocenters. The van der Waals surface area contributed by atoms with Gasteiger partial charge >= 0.3 is 0 Å². The molecule has 0 spiro atoms. The molecule has 0 bridgehead atoms. The second kappa shape index (κ2) is 5.69. The summed E-state index contributed by atoms with van der Waals surface area (Å²) >= 11 is 0. The van der Waals surface area contributed by atoms with E-state index in [4.69, 9.17) is 9.47 Å². The number of ether oxygens (including phenoxy) is 2. The number of rotatable bonds is 3. The summed E-state index contributed by atoms with van der Waals surface area (Å²) in [5.74, 6) is 0.999. The molecule has 0 aromatic heterocycles. The van der Waals surface area contributed by atoms with E-state index in [2.05, 4.69) is 28.4 Å². The van der Waals surface area contributed by atoms with E-state index in [9.17, 15) is 0 Å². The van der Waals surface area contributed by atoms with Crippen LogP contribution in [0.2, 0.25) is 0 Å². The number of benzene rings is 1. The Morgan fingerprint density at radius 1 is 1.22 bits per heavy atom. The van der Waals surface area contributed by atoms with Crippen LogP contribution in [-0.2, 0) is 17.8 Å². The molecule has 2 heterocycles. The van der Waals surface area contributed by atoms with Crippen LogP contribution >= 0.6 is 0 Å². The van der Waals surface area contributed by atoms with Crippen LogP contribution in [0.5, 0.6) is 5.75 Å². The number of nitrogens with zero attached hydrogens (tertiary/aromatic N) is 1. The van der Waals surface area contributed by atoms with Crippen LogP contribution in [-0.4, -0.2) is 44.4 Å². The lowest BCUT2D eigenvalue weighted by Crippen LogP contribution is -2.44. The molecular formula is C14H20N2O2. The third-order valence-corrected chi connectivity index (χ3v) is 3.61. The first-order valence-corrected chi connectivity index (χ1v) is 6.67. The van der Waals surface area contributed by atoms with Gasteiger partial charge in [-0.25, -0.2) is 0 Å². The molecule has 98 valence electrons. The van der Waals surface area contributed by atoms with Gasteiger partial charge in [-0.2, -0.15) is 0 Å². The SMILES string of the molecule is c1cc2c(cc1CCN1CCNCC1)OCOC2. The maximum Gasteiger partial charge on any atom is 0.189 e. The van der Waals surface area contributed by atoms with Crippen molar-refractivity contribution in [3.63, 3.8) is 0 Å². The highest BCUT2D eigenvalue weighted by Crippen LogP contribution is 2.24. The van der Waals surface area contributed by atoms with Crippen LogP contribution in [0.3, 0.4) is 0 Å². The Balaban J connectivity index is 1.58. The molecule has 3 rings (SSSR count). The fourth-order valence-corrected chi connectivity index (χ4v) is 2.49. The second-order valence-electron chi connectivity index (χ2n) is 4.89. The summed E-state index contributed by atoms with van der Waals surface area (Å²) in [5.41, 5.74) is 2.52. The minimum atomic E-state index is 0.383. The molecular weight excluding hydrogens is 228 g/mol. The van der Waals surface area contributed by atoms with Crippen molar-refractivity contribution >= 4 is 0 Å². The monoisotopic (exact) mass is 248 g/mol. The molecule has 1 aromatic rings. The highest BCUT2D eigenvalue weighted by Gasteiger charge is 2.12. The smallest absolute Gasteiger partial charge is 0.189 e. The number of hydrogen-bond donors (Lipinski definition) is 1. The number of fused-ring (bicyclic) bond motifs is 1. The van der Waals surface area contributed by atoms with Crippen LogP contribution < -0.4 is 10.1 Å². The maximum atomic E-state index is 5.51. The first-order chi connectivity index (χ1) is 8.92. The lowest BCUT2D eigenvalue weighted by atomic mass is 10.1. The number of nitrogens with one attached hydrogen (secondary N) is 1. The van der Waals surface area contributed by atoms with Crippen molar-refractivity contribution in [1.82, 2.24) is 10.2 Å². The third-order valence-electron chi connectivity index (χ3n) is 3.61. The second-order valence-corrected chi connectivity index (χ2v) is 4.89. The summed E-state index contributed by atoms with van der Waals surface area (Å²) in [7, 11) is 0. The third kappa shape index (κ3) is 2.83. The molecule has 4 nitrogen and oxygen atoms in total. The molecule has 0 amide bonds. The minimum absolute atomic E-state index is 0.383. The number of hydrogen-bond acceptors (Lipinski definition) is 4. The molecule has 1 N–H and O–H groups in total. The molecule has 1 aromatic carbocycles. The zero-order valence-corrected chi connectivity index (χ0v) is 10.7. The average molecular weight is 248 g/mol. The normalized spacial score (nSPS) is 20.2. The van der Waals surface area contributed by atoms with Crippen molar-refractivity contribution in [2.75, 3.05) is 39.5 Å². The van der Waals surface area contributed by atoms with Crippen molar-refractivity contribution in [1.29, 1.82) is 0 Å². The van der Waals surface area contributed by atoms with Crippen molar-refractivity contribution in [3.8, 4) is 5.75 Å². The van der Waals surface area contributed by atoms with Crippen LogP contribution in [0.4, 0.5) is 0 Å². The van der Waals surface area contributed by atoms with Crippen LogP contribution in [0.15, 0.2) is 18.2 Å². The van der Waals surface area contributed by atoms with E-state index in [0.29, 0.717) is 13.4 Å². The molecule has 0 radical (unpaired) electrons. The molecule has 2 aliphatic heterocycles. The van der Waals surface area contributed by atoms with Gasteiger partial charge in [-0.15, -0.1) is 0 Å². The van der Waals surface area contributed by atoms with E-state index < -0.39 is 0 Å². The molecule has 0 saturated carbocycles. The van der Waals surface area contributed by atoms with Gasteiger partial charge in [-0.1, -0.05) is 12.1 Å². The highest BCUT2D eigenvalue weighted by molar-refractivity contribution is 5.38. The molecule has 4 heteroatoms. The topological polar surface area (TPSA) is 33.7 Å². The summed E-state index contributed by atoms with van der Waals surface area (Å²) < 4.78 is 10.8. The Bertz CT molecular complexity index is 403. The van der Waals surface area contributed by atoms with Gasteiger partial charge in [0.05, 0.1) is 6.61 Å². The van der Waals surface area contributed by atoms with E-state index in [-0.39, 0.29) is 0 Å². The zero-order valence-electron chi connectivity index (χ0n) is 10.7. The van der Waals surface area contributed by atoms with Gasteiger partial charge in [0.1, 0.15) is 5.75 Å². The Hall–Kier alpha value is -1.10. The first kappa shape index (κ1) is 12.0. The lowest BCUT2D eigenvalue weighted by Gasteiger charge is -2.27. The van der Waals surface area contributed by atoms with E-state index >= 15 is 0 Å². The lowest BCUT2D eigenvalue weighted by molar-refractivity contribution is -0.0164.